The van der Waals surface area contributed by atoms with Crippen LogP contribution in [0.1, 0.15) is 167 Å². The molecule has 5 aromatic rings. The van der Waals surface area contributed by atoms with Crippen LogP contribution in [0.25, 0.3) is 22.1 Å². The largest absolute Gasteiger partial charge is 0.357 e. The minimum atomic E-state index is -0.0168. The number of likely N-dealkylation sites (tertiary alicyclic amines) is 2. The van der Waals surface area contributed by atoms with E-state index in [1.54, 1.807) is 0 Å². The third-order valence-corrected chi connectivity index (χ3v) is 17.5. The molecule has 3 aromatic carbocycles. The minimum Gasteiger partial charge on any atom is -0.357 e. The lowest BCUT2D eigenvalue weighted by molar-refractivity contribution is -0.135. The standard InChI is InChI=1S/C52H67N7O2/c1-48(2,3)32-18-20-33(21-19-32)59-38(30-16-22-34-36(28-30)55-44(53-34)40-14-12-26-57(40)46(60)42-49(4,5)50(42,6)7)24-25-39(59)31-17-23-35-37(29-31)56-45(54-35)41-15-13-27-58(41)47(61)43-51(8,9)52(43,10)11/h16-23,28-29,38-43H,12-15,24-27H2,1-11H3,(H,53,55)(H,54,56)/t38-,39-,40+,41+/m1/s1. The first-order valence-electron chi connectivity index (χ1n) is 23.2. The van der Waals surface area contributed by atoms with Crippen LogP contribution >= 0.6 is 0 Å². The van der Waals surface area contributed by atoms with E-state index >= 15 is 0 Å². The number of carbonyl (C=O) groups is 2. The van der Waals surface area contributed by atoms with Crippen LogP contribution < -0.4 is 4.90 Å². The van der Waals surface area contributed by atoms with Gasteiger partial charge in [-0.15, -0.1) is 0 Å². The van der Waals surface area contributed by atoms with Crippen molar-refractivity contribution in [1.29, 1.82) is 0 Å². The van der Waals surface area contributed by atoms with Gasteiger partial charge in [-0.1, -0.05) is 100 Å². The molecule has 0 spiro atoms. The van der Waals surface area contributed by atoms with Crippen LogP contribution in [0, 0.1) is 33.5 Å². The number of aromatic nitrogens is 4. The molecule has 5 aliphatic rings. The zero-order valence-corrected chi connectivity index (χ0v) is 38.4. The smallest absolute Gasteiger partial charge is 0.227 e. The number of benzene rings is 3. The number of nitrogens with one attached hydrogen (secondary N) is 2. The molecule has 0 bridgehead atoms. The third kappa shape index (κ3) is 6.12. The molecule has 5 fully saturated rings. The molecular weight excluding hydrogens is 755 g/mol. The second-order valence-electron chi connectivity index (χ2n) is 22.7. The lowest BCUT2D eigenvalue weighted by atomic mass is 9.87. The number of amides is 2. The van der Waals surface area contributed by atoms with E-state index in [0.717, 1.165) is 85.3 Å². The van der Waals surface area contributed by atoms with Crippen LogP contribution in [0.15, 0.2) is 60.7 Å². The van der Waals surface area contributed by atoms with Crippen molar-refractivity contribution in [3.05, 3.63) is 89.0 Å². The van der Waals surface area contributed by atoms with Gasteiger partial charge in [0.15, 0.2) is 0 Å². The summed E-state index contributed by atoms with van der Waals surface area (Å²) in [6, 6.07) is 23.0. The Hall–Kier alpha value is -4.66. The van der Waals surface area contributed by atoms with E-state index in [-0.39, 0.29) is 74.9 Å². The van der Waals surface area contributed by atoms with Gasteiger partial charge in [-0.05, 0) is 119 Å². The van der Waals surface area contributed by atoms with Gasteiger partial charge in [0.25, 0.3) is 0 Å². The normalized spacial score (nSPS) is 26.8. The molecule has 3 saturated heterocycles. The summed E-state index contributed by atoms with van der Waals surface area (Å²) >= 11 is 0. The fourth-order valence-corrected chi connectivity index (χ4v) is 12.4. The highest BCUT2D eigenvalue weighted by Crippen LogP contribution is 2.70. The number of aromatic amines is 2. The summed E-state index contributed by atoms with van der Waals surface area (Å²) in [5.74, 6) is 2.48. The molecule has 2 aromatic heterocycles. The first-order valence-corrected chi connectivity index (χ1v) is 23.2. The highest BCUT2D eigenvalue weighted by Gasteiger charge is 2.70. The van der Waals surface area contributed by atoms with E-state index in [1.807, 2.05) is 0 Å². The number of hydrogen-bond donors (Lipinski definition) is 2. The first kappa shape index (κ1) is 40.4. The Morgan fingerprint density at radius 1 is 0.574 bits per heavy atom. The van der Waals surface area contributed by atoms with Crippen LogP contribution in [0.5, 0.6) is 0 Å². The van der Waals surface area contributed by atoms with Crippen LogP contribution in [0.3, 0.4) is 0 Å². The number of rotatable bonds is 7. The summed E-state index contributed by atoms with van der Waals surface area (Å²) in [6.07, 6.45) is 5.89. The Bertz CT molecular complexity index is 2380. The van der Waals surface area contributed by atoms with Gasteiger partial charge in [0.05, 0.1) is 46.2 Å². The molecule has 5 heterocycles. The summed E-state index contributed by atoms with van der Waals surface area (Å²) < 4.78 is 0. The van der Waals surface area contributed by atoms with Crippen molar-refractivity contribution in [3.63, 3.8) is 0 Å². The van der Waals surface area contributed by atoms with Crippen LogP contribution in [-0.4, -0.2) is 54.6 Å². The second kappa shape index (κ2) is 13.4. The summed E-state index contributed by atoms with van der Waals surface area (Å²) in [5.41, 5.74) is 9.14. The van der Waals surface area contributed by atoms with Gasteiger partial charge < -0.3 is 24.7 Å². The van der Waals surface area contributed by atoms with Gasteiger partial charge in [-0.2, -0.15) is 0 Å². The lowest BCUT2D eigenvalue weighted by Gasteiger charge is -2.34. The van der Waals surface area contributed by atoms with Crippen LogP contribution in [0.2, 0.25) is 0 Å². The van der Waals surface area contributed by atoms with Crippen molar-refractivity contribution in [2.24, 2.45) is 33.5 Å². The van der Waals surface area contributed by atoms with Crippen LogP contribution in [-0.2, 0) is 15.0 Å². The number of H-pyrrole nitrogens is 2. The fourth-order valence-electron chi connectivity index (χ4n) is 12.4. The van der Waals surface area contributed by atoms with Crippen molar-refractivity contribution >= 4 is 39.6 Å². The molecular formula is C52H67N7O2. The molecule has 61 heavy (non-hydrogen) atoms. The number of anilines is 1. The maximum Gasteiger partial charge on any atom is 0.227 e. The number of nitrogens with zero attached hydrogens (tertiary/aromatic N) is 5. The highest BCUT2D eigenvalue weighted by molar-refractivity contribution is 5.86. The molecule has 2 N–H and O–H groups in total. The number of fused-ring (bicyclic) bond motifs is 2. The van der Waals surface area contributed by atoms with Gasteiger partial charge in [0.1, 0.15) is 11.6 Å². The highest BCUT2D eigenvalue weighted by atomic mass is 16.2. The SMILES string of the molecule is CC(C)(C)c1ccc(N2[C@@H](c3ccc4nc([C@@H]5CCCN5C(=O)C5C(C)(C)C5(C)C)[nH]c4c3)CC[C@@H]2c2ccc3nc([C@@H]4CCCN4C(=O)C4C(C)(C)C4(C)C)[nH]c3c2)cc1. The summed E-state index contributed by atoms with van der Waals surface area (Å²) in [4.78, 5) is 52.5. The zero-order valence-electron chi connectivity index (χ0n) is 38.4. The van der Waals surface area contributed by atoms with Crippen molar-refractivity contribution in [2.45, 2.75) is 144 Å². The quantitative estimate of drug-likeness (QED) is 0.170. The van der Waals surface area contributed by atoms with Crippen molar-refractivity contribution in [3.8, 4) is 0 Å². The van der Waals surface area contributed by atoms with Gasteiger partial charge in [0, 0.05) is 30.6 Å². The number of carbonyl (C=O) groups excluding carboxylic acids is 2. The molecule has 3 aliphatic heterocycles. The van der Waals surface area contributed by atoms with Gasteiger partial charge >= 0.3 is 0 Å². The average Bonchev–Trinajstić information content (AvgIpc) is 3.90. The van der Waals surface area contributed by atoms with Crippen molar-refractivity contribution in [2.75, 3.05) is 18.0 Å². The summed E-state index contributed by atoms with van der Waals surface area (Å²) in [7, 11) is 0. The predicted molar refractivity (Wildman–Crippen MR) is 244 cm³/mol. The Morgan fingerprint density at radius 3 is 1.36 bits per heavy atom. The van der Waals surface area contributed by atoms with E-state index in [2.05, 4.69) is 161 Å². The van der Waals surface area contributed by atoms with Crippen LogP contribution in [0.4, 0.5) is 5.69 Å². The molecule has 2 saturated carbocycles. The molecule has 9 heteroatoms. The van der Waals surface area contributed by atoms with Gasteiger partial charge in [-0.25, -0.2) is 9.97 Å². The molecule has 0 unspecified atom stereocenters. The monoisotopic (exact) mass is 822 g/mol. The van der Waals surface area contributed by atoms with E-state index < -0.39 is 0 Å². The topological polar surface area (TPSA) is 101 Å². The Balaban J connectivity index is 0.950. The Morgan fingerprint density at radius 2 is 0.984 bits per heavy atom. The maximum absolute atomic E-state index is 14.0. The minimum absolute atomic E-state index is 0.00889. The molecule has 4 atom stereocenters. The zero-order chi connectivity index (χ0) is 43.2. The lowest BCUT2D eigenvalue weighted by Crippen LogP contribution is -2.34. The van der Waals surface area contributed by atoms with Crippen molar-refractivity contribution < 1.29 is 9.59 Å². The third-order valence-electron chi connectivity index (χ3n) is 17.5. The Kier molecular flexibility index (Phi) is 8.89. The van der Waals surface area contributed by atoms with E-state index in [9.17, 15) is 9.59 Å². The summed E-state index contributed by atoms with van der Waals surface area (Å²) in [6.45, 7) is 26.3. The van der Waals surface area contributed by atoms with Gasteiger partial charge in [-0.3, -0.25) is 9.59 Å². The predicted octanol–water partition coefficient (Wildman–Crippen LogP) is 11.5. The Labute approximate surface area is 362 Å². The fraction of sp³-hybridized carbons (Fsp3) is 0.577. The first-order chi connectivity index (χ1) is 28.7. The molecule has 2 amide bonds. The molecule has 0 radical (unpaired) electrons. The summed E-state index contributed by atoms with van der Waals surface area (Å²) in [5, 5.41) is 0. The van der Waals surface area contributed by atoms with Gasteiger partial charge in [0.2, 0.25) is 11.8 Å². The molecule has 9 nitrogen and oxygen atoms in total. The second-order valence-corrected chi connectivity index (χ2v) is 22.7. The van der Waals surface area contributed by atoms with Crippen molar-refractivity contribution in [1.82, 2.24) is 29.7 Å². The maximum atomic E-state index is 14.0. The molecule has 322 valence electrons. The number of hydrogen-bond acceptors (Lipinski definition) is 5. The number of imidazole rings is 2. The van der Waals surface area contributed by atoms with E-state index in [0.29, 0.717) is 0 Å². The van der Waals surface area contributed by atoms with E-state index in [1.165, 1.54) is 22.4 Å². The van der Waals surface area contributed by atoms with E-state index in [4.69, 9.17) is 9.97 Å². The average molecular weight is 822 g/mol. The molecule has 10 rings (SSSR count). The molecule has 2 aliphatic carbocycles.